The number of pyridine rings is 1. The molecule has 0 aliphatic rings. The van der Waals surface area contributed by atoms with E-state index in [1.165, 1.54) is 12.1 Å². The van der Waals surface area contributed by atoms with E-state index in [2.05, 4.69) is 9.71 Å². The molecule has 0 aliphatic carbocycles. The van der Waals surface area contributed by atoms with Crippen molar-refractivity contribution in [3.8, 4) is 0 Å². The molecule has 0 spiro atoms. The zero-order valence-corrected chi connectivity index (χ0v) is 14.5. The number of sulfonamides is 1. The molecule has 0 unspecified atom stereocenters. The summed E-state index contributed by atoms with van der Waals surface area (Å²) in [5, 5.41) is -0.139. The van der Waals surface area contributed by atoms with Crippen LogP contribution in [0.1, 0.15) is 11.3 Å². The molecule has 118 valence electrons. The van der Waals surface area contributed by atoms with Gasteiger partial charge >= 0.3 is 0 Å². The lowest BCUT2D eigenvalue weighted by molar-refractivity contribution is 0.601. The molecule has 2 rings (SSSR count). The lowest BCUT2D eigenvalue weighted by Gasteiger charge is -2.14. The standard InChI is InChI=1S/C13H12Cl3N3O2S/c1-7-2-4-8(5-3-7)22(20,21)19-12-10(14)9(6-17)18-13(16)11(12)15/h2-5H,6,17H2,1H3,(H,18,19). The number of rotatable bonds is 4. The summed E-state index contributed by atoms with van der Waals surface area (Å²) in [6.45, 7) is 1.85. The van der Waals surface area contributed by atoms with Crippen LogP contribution in [0.5, 0.6) is 0 Å². The van der Waals surface area contributed by atoms with E-state index in [1.807, 2.05) is 6.92 Å². The quantitative estimate of drug-likeness (QED) is 0.793. The average molecular weight is 381 g/mol. The van der Waals surface area contributed by atoms with Crippen LogP contribution in [0, 0.1) is 6.92 Å². The summed E-state index contributed by atoms with van der Waals surface area (Å²) < 4.78 is 27.1. The molecule has 0 fully saturated rings. The molecule has 5 nitrogen and oxygen atoms in total. The van der Waals surface area contributed by atoms with Crippen LogP contribution in [-0.4, -0.2) is 13.4 Å². The highest BCUT2D eigenvalue weighted by atomic mass is 35.5. The molecule has 2 aromatic rings. The maximum absolute atomic E-state index is 12.4. The number of benzene rings is 1. The first-order chi connectivity index (χ1) is 10.3. The van der Waals surface area contributed by atoms with E-state index in [4.69, 9.17) is 40.5 Å². The normalized spacial score (nSPS) is 11.5. The molecule has 0 radical (unpaired) electrons. The van der Waals surface area contributed by atoms with Crippen LogP contribution >= 0.6 is 34.8 Å². The van der Waals surface area contributed by atoms with Gasteiger partial charge in [-0.2, -0.15) is 0 Å². The fourth-order valence-corrected chi connectivity index (χ4v) is 3.58. The lowest BCUT2D eigenvalue weighted by atomic mass is 10.2. The maximum Gasteiger partial charge on any atom is 0.261 e. The summed E-state index contributed by atoms with van der Waals surface area (Å²) in [4.78, 5) is 3.98. The zero-order chi connectivity index (χ0) is 16.5. The number of hydrogen-bond donors (Lipinski definition) is 2. The van der Waals surface area contributed by atoms with E-state index in [0.717, 1.165) is 5.56 Å². The van der Waals surface area contributed by atoms with Crippen LogP contribution in [-0.2, 0) is 16.6 Å². The Labute approximate surface area is 143 Å². The first-order valence-corrected chi connectivity index (χ1v) is 8.71. The molecule has 9 heteroatoms. The zero-order valence-electron chi connectivity index (χ0n) is 11.4. The van der Waals surface area contributed by atoms with Crippen LogP contribution in [0.3, 0.4) is 0 Å². The number of aryl methyl sites for hydroxylation is 1. The fraction of sp³-hybridized carbons (Fsp3) is 0.154. The molecule has 0 saturated carbocycles. The Hall–Kier alpha value is -1.05. The van der Waals surface area contributed by atoms with Crippen molar-refractivity contribution in [2.45, 2.75) is 18.4 Å². The van der Waals surface area contributed by atoms with Crippen LogP contribution in [0.4, 0.5) is 5.69 Å². The van der Waals surface area contributed by atoms with E-state index in [-0.39, 0.29) is 38.0 Å². The Morgan fingerprint density at radius 2 is 1.73 bits per heavy atom. The smallest absolute Gasteiger partial charge is 0.261 e. The minimum absolute atomic E-state index is 0.00498. The van der Waals surface area contributed by atoms with Crippen molar-refractivity contribution in [1.82, 2.24) is 4.98 Å². The van der Waals surface area contributed by atoms with Gasteiger partial charge in [-0.1, -0.05) is 52.5 Å². The molecule has 3 N–H and O–H groups in total. The number of anilines is 1. The number of aromatic nitrogens is 1. The number of nitrogens with two attached hydrogens (primary N) is 1. The monoisotopic (exact) mass is 379 g/mol. The third-order valence-electron chi connectivity index (χ3n) is 2.87. The van der Waals surface area contributed by atoms with Gasteiger partial charge < -0.3 is 5.73 Å². The van der Waals surface area contributed by atoms with Crippen molar-refractivity contribution < 1.29 is 8.42 Å². The van der Waals surface area contributed by atoms with Gasteiger partial charge in [0.2, 0.25) is 0 Å². The summed E-state index contributed by atoms with van der Waals surface area (Å²) in [6.07, 6.45) is 0. The Bertz CT molecular complexity index is 808. The van der Waals surface area contributed by atoms with Crippen molar-refractivity contribution >= 4 is 50.5 Å². The lowest BCUT2D eigenvalue weighted by Crippen LogP contribution is -2.15. The Morgan fingerprint density at radius 1 is 1.14 bits per heavy atom. The van der Waals surface area contributed by atoms with Gasteiger partial charge in [0.15, 0.2) is 0 Å². The number of hydrogen-bond acceptors (Lipinski definition) is 4. The van der Waals surface area contributed by atoms with Crippen LogP contribution < -0.4 is 10.5 Å². The summed E-state index contributed by atoms with van der Waals surface area (Å²) in [6, 6.07) is 6.32. The van der Waals surface area contributed by atoms with Gasteiger partial charge in [-0.25, -0.2) is 13.4 Å². The Balaban J connectivity index is 2.50. The largest absolute Gasteiger partial charge is 0.325 e. The third-order valence-corrected chi connectivity index (χ3v) is 5.38. The van der Waals surface area contributed by atoms with Gasteiger partial charge in [-0.3, -0.25) is 4.72 Å². The summed E-state index contributed by atoms with van der Waals surface area (Å²) in [5.74, 6) is 0. The van der Waals surface area contributed by atoms with Gasteiger partial charge in [0.1, 0.15) is 10.2 Å². The molecule has 0 amide bonds. The topological polar surface area (TPSA) is 85.1 Å². The summed E-state index contributed by atoms with van der Waals surface area (Å²) in [7, 11) is -3.86. The molecule has 22 heavy (non-hydrogen) atoms. The molecule has 0 saturated heterocycles. The molecule has 1 aromatic carbocycles. The highest BCUT2D eigenvalue weighted by molar-refractivity contribution is 7.92. The van der Waals surface area contributed by atoms with Crippen molar-refractivity contribution in [2.75, 3.05) is 4.72 Å². The van der Waals surface area contributed by atoms with Crippen molar-refractivity contribution in [1.29, 1.82) is 0 Å². The third kappa shape index (κ3) is 3.47. The van der Waals surface area contributed by atoms with Gasteiger partial charge in [0, 0.05) is 6.54 Å². The second kappa shape index (κ2) is 6.60. The molecule has 1 heterocycles. The van der Waals surface area contributed by atoms with E-state index < -0.39 is 10.0 Å². The molecular weight excluding hydrogens is 369 g/mol. The van der Waals surface area contributed by atoms with E-state index in [1.54, 1.807) is 12.1 Å². The summed E-state index contributed by atoms with van der Waals surface area (Å²) >= 11 is 18.0. The Kier molecular flexibility index (Phi) is 5.19. The van der Waals surface area contributed by atoms with E-state index in [0.29, 0.717) is 0 Å². The minimum atomic E-state index is -3.86. The van der Waals surface area contributed by atoms with Crippen LogP contribution in [0.15, 0.2) is 29.2 Å². The minimum Gasteiger partial charge on any atom is -0.325 e. The molecular formula is C13H12Cl3N3O2S. The predicted octanol–water partition coefficient (Wildman–Crippen LogP) is 3.61. The molecule has 0 bridgehead atoms. The van der Waals surface area contributed by atoms with Crippen LogP contribution in [0.2, 0.25) is 15.2 Å². The van der Waals surface area contributed by atoms with Gasteiger partial charge in [-0.15, -0.1) is 0 Å². The van der Waals surface area contributed by atoms with Gasteiger partial charge in [0.25, 0.3) is 10.0 Å². The Morgan fingerprint density at radius 3 is 2.27 bits per heavy atom. The van der Waals surface area contributed by atoms with E-state index in [9.17, 15) is 8.42 Å². The summed E-state index contributed by atoms with van der Waals surface area (Å²) in [5.41, 5.74) is 6.65. The van der Waals surface area contributed by atoms with Crippen molar-refractivity contribution in [2.24, 2.45) is 5.73 Å². The number of halogens is 3. The number of nitrogens with zero attached hydrogens (tertiary/aromatic N) is 1. The highest BCUT2D eigenvalue weighted by Gasteiger charge is 2.22. The fourth-order valence-electron chi connectivity index (χ4n) is 1.70. The van der Waals surface area contributed by atoms with Crippen molar-refractivity contribution in [3.05, 3.63) is 50.7 Å². The first-order valence-electron chi connectivity index (χ1n) is 6.09. The van der Waals surface area contributed by atoms with Crippen molar-refractivity contribution in [3.63, 3.8) is 0 Å². The number of nitrogens with one attached hydrogen (secondary N) is 1. The predicted molar refractivity (Wildman–Crippen MR) is 89.1 cm³/mol. The average Bonchev–Trinajstić information content (AvgIpc) is 2.48. The SMILES string of the molecule is Cc1ccc(S(=O)(=O)Nc2c(Cl)c(Cl)nc(CN)c2Cl)cc1. The van der Waals surface area contributed by atoms with Crippen LogP contribution in [0.25, 0.3) is 0 Å². The second-order valence-corrected chi connectivity index (χ2v) is 7.27. The van der Waals surface area contributed by atoms with E-state index >= 15 is 0 Å². The first kappa shape index (κ1) is 17.3. The van der Waals surface area contributed by atoms with Gasteiger partial charge in [0.05, 0.1) is 21.3 Å². The molecule has 0 atom stereocenters. The maximum atomic E-state index is 12.4. The van der Waals surface area contributed by atoms with Gasteiger partial charge in [-0.05, 0) is 19.1 Å². The molecule has 0 aliphatic heterocycles. The second-order valence-electron chi connectivity index (χ2n) is 4.47. The highest BCUT2D eigenvalue weighted by Crippen LogP contribution is 2.37. The molecule has 1 aromatic heterocycles.